The number of carboxylic acids is 1. The summed E-state index contributed by atoms with van der Waals surface area (Å²) in [7, 11) is 0. The maximum atomic E-state index is 11.2. The Bertz CT molecular complexity index is 621. The van der Waals surface area contributed by atoms with Crippen molar-refractivity contribution in [2.45, 2.75) is 19.3 Å². The number of carbonyl (C=O) groups is 1. The molecule has 1 aromatic heterocycles. The third-order valence-corrected chi connectivity index (χ3v) is 4.18. The van der Waals surface area contributed by atoms with Gasteiger partial charge in [0.25, 0.3) is 0 Å². The van der Waals surface area contributed by atoms with E-state index in [1.165, 1.54) is 0 Å². The molecular weight excluding hydrogens is 252 g/mol. The lowest BCUT2D eigenvalue weighted by molar-refractivity contribution is -0.142. The molecular formula is C16H18N2O2. The number of pyridine rings is 1. The highest BCUT2D eigenvalue weighted by Gasteiger charge is 2.32. The Morgan fingerprint density at radius 3 is 3.00 bits per heavy atom. The van der Waals surface area contributed by atoms with Gasteiger partial charge < -0.3 is 10.4 Å². The van der Waals surface area contributed by atoms with E-state index in [-0.39, 0.29) is 11.8 Å². The SMILES string of the molecule is O=C(O)C1CCCC1CNc1ccnc2ccccc12. The minimum absolute atomic E-state index is 0.199. The molecule has 2 unspecified atom stereocenters. The molecule has 2 atom stereocenters. The summed E-state index contributed by atoms with van der Waals surface area (Å²) in [6.07, 6.45) is 4.60. The molecule has 4 nitrogen and oxygen atoms in total. The maximum Gasteiger partial charge on any atom is 0.306 e. The second-order valence-corrected chi connectivity index (χ2v) is 5.39. The second-order valence-electron chi connectivity index (χ2n) is 5.39. The number of nitrogens with one attached hydrogen (secondary N) is 1. The van der Waals surface area contributed by atoms with Crippen molar-refractivity contribution < 1.29 is 9.90 Å². The standard InChI is InChI=1S/C16H18N2O2/c19-16(20)12-6-3-4-11(12)10-18-15-8-9-17-14-7-2-1-5-13(14)15/h1-2,5,7-9,11-12H,3-4,6,10H2,(H,17,18)(H,19,20). The first-order valence-corrected chi connectivity index (χ1v) is 7.06. The topological polar surface area (TPSA) is 62.2 Å². The van der Waals surface area contributed by atoms with Crippen LogP contribution < -0.4 is 5.32 Å². The van der Waals surface area contributed by atoms with Crippen LogP contribution in [0, 0.1) is 11.8 Å². The van der Waals surface area contributed by atoms with Crippen LogP contribution in [0.4, 0.5) is 5.69 Å². The first-order chi connectivity index (χ1) is 9.75. The van der Waals surface area contributed by atoms with Crippen LogP contribution in [0.2, 0.25) is 0 Å². The van der Waals surface area contributed by atoms with E-state index in [1.807, 2.05) is 30.3 Å². The Balaban J connectivity index is 1.76. The van der Waals surface area contributed by atoms with Gasteiger partial charge in [0.05, 0.1) is 11.4 Å². The van der Waals surface area contributed by atoms with Gasteiger partial charge in [0.15, 0.2) is 0 Å². The van der Waals surface area contributed by atoms with Gasteiger partial charge in [0, 0.05) is 23.8 Å². The zero-order chi connectivity index (χ0) is 13.9. The van der Waals surface area contributed by atoms with E-state index in [4.69, 9.17) is 0 Å². The molecule has 2 aromatic rings. The third kappa shape index (κ3) is 2.46. The number of fused-ring (bicyclic) bond motifs is 1. The molecule has 3 rings (SSSR count). The molecule has 0 radical (unpaired) electrons. The number of aliphatic carboxylic acids is 1. The number of benzene rings is 1. The summed E-state index contributed by atoms with van der Waals surface area (Å²) >= 11 is 0. The molecule has 104 valence electrons. The second kappa shape index (κ2) is 5.49. The van der Waals surface area contributed by atoms with Crippen LogP contribution in [0.5, 0.6) is 0 Å². The largest absolute Gasteiger partial charge is 0.481 e. The first-order valence-electron chi connectivity index (χ1n) is 7.06. The number of nitrogens with zero attached hydrogens (tertiary/aromatic N) is 1. The Morgan fingerprint density at radius 2 is 2.15 bits per heavy atom. The van der Waals surface area contributed by atoms with E-state index < -0.39 is 5.97 Å². The highest BCUT2D eigenvalue weighted by molar-refractivity contribution is 5.90. The smallest absolute Gasteiger partial charge is 0.306 e. The molecule has 20 heavy (non-hydrogen) atoms. The molecule has 1 saturated carbocycles. The molecule has 0 spiro atoms. The molecule has 4 heteroatoms. The fraction of sp³-hybridized carbons (Fsp3) is 0.375. The number of carboxylic acid groups (broad SMARTS) is 1. The third-order valence-electron chi connectivity index (χ3n) is 4.18. The van der Waals surface area contributed by atoms with Gasteiger partial charge in [0.1, 0.15) is 0 Å². The Kier molecular flexibility index (Phi) is 3.54. The lowest BCUT2D eigenvalue weighted by Crippen LogP contribution is -2.24. The lowest BCUT2D eigenvalue weighted by atomic mass is 9.96. The number of hydrogen-bond donors (Lipinski definition) is 2. The monoisotopic (exact) mass is 270 g/mol. The van der Waals surface area contributed by atoms with Crippen LogP contribution in [-0.4, -0.2) is 22.6 Å². The minimum Gasteiger partial charge on any atom is -0.481 e. The summed E-state index contributed by atoms with van der Waals surface area (Å²) < 4.78 is 0. The number of rotatable bonds is 4. The molecule has 1 heterocycles. The molecule has 1 aliphatic rings. The van der Waals surface area contributed by atoms with Crippen molar-refractivity contribution in [2.75, 3.05) is 11.9 Å². The molecule has 0 aliphatic heterocycles. The van der Waals surface area contributed by atoms with Gasteiger partial charge in [-0.2, -0.15) is 0 Å². The van der Waals surface area contributed by atoms with Crippen LogP contribution in [-0.2, 0) is 4.79 Å². The van der Waals surface area contributed by atoms with E-state index >= 15 is 0 Å². The quantitative estimate of drug-likeness (QED) is 0.896. The number of para-hydroxylation sites is 1. The highest BCUT2D eigenvalue weighted by Crippen LogP contribution is 2.32. The van der Waals surface area contributed by atoms with E-state index in [9.17, 15) is 9.90 Å². The normalized spacial score (nSPS) is 22.0. The minimum atomic E-state index is -0.658. The Labute approximate surface area is 117 Å². The van der Waals surface area contributed by atoms with E-state index in [2.05, 4.69) is 10.3 Å². The van der Waals surface area contributed by atoms with Crippen LogP contribution in [0.1, 0.15) is 19.3 Å². The molecule has 2 N–H and O–H groups in total. The summed E-state index contributed by atoms with van der Waals surface area (Å²) in [5, 5.41) is 13.7. The van der Waals surface area contributed by atoms with Gasteiger partial charge >= 0.3 is 5.97 Å². The van der Waals surface area contributed by atoms with Gasteiger partial charge in [0.2, 0.25) is 0 Å². The molecule has 0 bridgehead atoms. The average Bonchev–Trinajstić information content (AvgIpc) is 2.93. The van der Waals surface area contributed by atoms with Crippen LogP contribution in [0.15, 0.2) is 36.5 Å². The van der Waals surface area contributed by atoms with Gasteiger partial charge in [-0.1, -0.05) is 24.6 Å². The highest BCUT2D eigenvalue weighted by atomic mass is 16.4. The Morgan fingerprint density at radius 1 is 1.30 bits per heavy atom. The van der Waals surface area contributed by atoms with Gasteiger partial charge in [-0.3, -0.25) is 9.78 Å². The molecule has 1 aromatic carbocycles. The predicted molar refractivity (Wildman–Crippen MR) is 78.7 cm³/mol. The summed E-state index contributed by atoms with van der Waals surface area (Å²) in [5.41, 5.74) is 1.99. The summed E-state index contributed by atoms with van der Waals surface area (Å²) in [6.45, 7) is 0.713. The van der Waals surface area contributed by atoms with Crippen molar-refractivity contribution >= 4 is 22.6 Å². The Hall–Kier alpha value is -2.10. The fourth-order valence-corrected chi connectivity index (χ4v) is 3.10. The van der Waals surface area contributed by atoms with Gasteiger partial charge in [-0.05, 0) is 30.9 Å². The summed E-state index contributed by atoms with van der Waals surface area (Å²) in [6, 6.07) is 9.93. The van der Waals surface area contributed by atoms with Crippen molar-refractivity contribution in [1.29, 1.82) is 0 Å². The van der Waals surface area contributed by atoms with Gasteiger partial charge in [-0.25, -0.2) is 0 Å². The molecule has 1 aliphatic carbocycles. The zero-order valence-corrected chi connectivity index (χ0v) is 11.2. The van der Waals surface area contributed by atoms with Crippen LogP contribution in [0.3, 0.4) is 0 Å². The van der Waals surface area contributed by atoms with Crippen molar-refractivity contribution in [3.8, 4) is 0 Å². The van der Waals surface area contributed by atoms with Crippen molar-refractivity contribution in [1.82, 2.24) is 4.98 Å². The fourth-order valence-electron chi connectivity index (χ4n) is 3.10. The predicted octanol–water partition coefficient (Wildman–Crippen LogP) is 3.15. The number of anilines is 1. The summed E-state index contributed by atoms with van der Waals surface area (Å²) in [5.74, 6) is -0.635. The van der Waals surface area contributed by atoms with Crippen molar-refractivity contribution in [2.24, 2.45) is 11.8 Å². The lowest BCUT2D eigenvalue weighted by Gasteiger charge is -2.17. The average molecular weight is 270 g/mol. The van der Waals surface area contributed by atoms with E-state index in [0.717, 1.165) is 35.9 Å². The van der Waals surface area contributed by atoms with Crippen LogP contribution >= 0.6 is 0 Å². The molecule has 0 amide bonds. The van der Waals surface area contributed by atoms with Crippen molar-refractivity contribution in [3.63, 3.8) is 0 Å². The molecule has 1 fully saturated rings. The van der Waals surface area contributed by atoms with Crippen LogP contribution in [0.25, 0.3) is 10.9 Å². The number of hydrogen-bond acceptors (Lipinski definition) is 3. The number of aromatic nitrogens is 1. The summed E-state index contributed by atoms with van der Waals surface area (Å²) in [4.78, 5) is 15.5. The van der Waals surface area contributed by atoms with Gasteiger partial charge in [-0.15, -0.1) is 0 Å². The van der Waals surface area contributed by atoms with Crippen molar-refractivity contribution in [3.05, 3.63) is 36.5 Å². The first kappa shape index (κ1) is 12.9. The zero-order valence-electron chi connectivity index (χ0n) is 11.2. The van der Waals surface area contributed by atoms with E-state index in [0.29, 0.717) is 6.54 Å². The van der Waals surface area contributed by atoms with E-state index in [1.54, 1.807) is 6.20 Å². The maximum absolute atomic E-state index is 11.2. The molecule has 0 saturated heterocycles.